The van der Waals surface area contributed by atoms with Gasteiger partial charge in [-0.1, -0.05) is 35.7 Å². The van der Waals surface area contributed by atoms with Crippen molar-refractivity contribution >= 4 is 15.9 Å². The van der Waals surface area contributed by atoms with E-state index in [0.29, 0.717) is 4.83 Å². The fourth-order valence-electron chi connectivity index (χ4n) is 1.72. The zero-order valence-electron chi connectivity index (χ0n) is 7.89. The molecule has 1 aliphatic heterocycles. The van der Waals surface area contributed by atoms with Crippen LogP contribution in [0.1, 0.15) is 39.0 Å². The highest BCUT2D eigenvalue weighted by atomic mass is 79.9. The van der Waals surface area contributed by atoms with Gasteiger partial charge in [0.25, 0.3) is 0 Å². The highest BCUT2D eigenvalue weighted by Gasteiger charge is 2.13. The molecule has 0 radical (unpaired) electrons. The predicted molar refractivity (Wildman–Crippen MR) is 55.8 cm³/mol. The van der Waals surface area contributed by atoms with Crippen molar-refractivity contribution < 1.29 is 4.74 Å². The molecule has 1 heterocycles. The molecule has 1 aliphatic rings. The summed E-state index contributed by atoms with van der Waals surface area (Å²) in [6.45, 7) is 4.22. The van der Waals surface area contributed by atoms with E-state index >= 15 is 0 Å². The van der Waals surface area contributed by atoms with E-state index < -0.39 is 0 Å². The molecule has 1 unspecified atom stereocenters. The van der Waals surface area contributed by atoms with E-state index in [-0.39, 0.29) is 0 Å². The van der Waals surface area contributed by atoms with Crippen LogP contribution in [0.4, 0.5) is 0 Å². The molecule has 1 fully saturated rings. The Kier molecular flexibility index (Phi) is 5.24. The average Bonchev–Trinajstić information content (AvgIpc) is 2.05. The topological polar surface area (TPSA) is 9.23 Å². The average molecular weight is 235 g/mol. The maximum absolute atomic E-state index is 5.32. The molecule has 0 bridgehead atoms. The highest BCUT2D eigenvalue weighted by molar-refractivity contribution is 9.09. The number of alkyl halides is 1. The van der Waals surface area contributed by atoms with Crippen molar-refractivity contribution in [2.45, 2.75) is 43.9 Å². The van der Waals surface area contributed by atoms with Gasteiger partial charge < -0.3 is 4.74 Å². The lowest BCUT2D eigenvalue weighted by molar-refractivity contribution is 0.0632. The summed E-state index contributed by atoms with van der Waals surface area (Å²) in [5, 5.41) is 0. The molecule has 2 heteroatoms. The normalized spacial score (nSPS) is 22.5. The Labute approximate surface area is 84.0 Å². The highest BCUT2D eigenvalue weighted by Crippen LogP contribution is 2.22. The summed E-state index contributed by atoms with van der Waals surface area (Å²) in [7, 11) is 0. The first-order valence-electron chi connectivity index (χ1n) is 5.01. The van der Waals surface area contributed by atoms with Crippen LogP contribution in [0.2, 0.25) is 0 Å². The summed E-state index contributed by atoms with van der Waals surface area (Å²) in [4.78, 5) is 0.692. The summed E-state index contributed by atoms with van der Waals surface area (Å²) in [6, 6.07) is 0. The SMILES string of the molecule is CC(Br)CCCC1CCOCC1. The predicted octanol–water partition coefficient (Wildman–Crippen LogP) is 3.37. The Bertz CT molecular complexity index is 108. The molecule has 1 rings (SSSR count). The van der Waals surface area contributed by atoms with E-state index in [1.54, 1.807) is 0 Å². The summed E-state index contributed by atoms with van der Waals surface area (Å²) in [6.07, 6.45) is 6.67. The minimum Gasteiger partial charge on any atom is -0.381 e. The van der Waals surface area contributed by atoms with Crippen molar-refractivity contribution in [1.82, 2.24) is 0 Å². The first-order chi connectivity index (χ1) is 5.79. The van der Waals surface area contributed by atoms with Crippen molar-refractivity contribution in [3.8, 4) is 0 Å². The van der Waals surface area contributed by atoms with Gasteiger partial charge in [0.15, 0.2) is 0 Å². The molecule has 0 amide bonds. The molecule has 0 aliphatic carbocycles. The third-order valence-electron chi connectivity index (χ3n) is 2.56. The van der Waals surface area contributed by atoms with Crippen LogP contribution in [0.3, 0.4) is 0 Å². The lowest BCUT2D eigenvalue weighted by atomic mass is 9.94. The smallest absolute Gasteiger partial charge is 0.0468 e. The van der Waals surface area contributed by atoms with Crippen molar-refractivity contribution in [3.63, 3.8) is 0 Å². The van der Waals surface area contributed by atoms with Gasteiger partial charge in [0.05, 0.1) is 0 Å². The Morgan fingerprint density at radius 2 is 2.08 bits per heavy atom. The minimum atomic E-state index is 0.692. The lowest BCUT2D eigenvalue weighted by Gasteiger charge is -2.21. The monoisotopic (exact) mass is 234 g/mol. The van der Waals surface area contributed by atoms with Crippen LogP contribution in [-0.4, -0.2) is 18.0 Å². The van der Waals surface area contributed by atoms with Crippen LogP contribution in [0.25, 0.3) is 0 Å². The zero-order valence-corrected chi connectivity index (χ0v) is 9.48. The minimum absolute atomic E-state index is 0.692. The second-order valence-electron chi connectivity index (χ2n) is 3.77. The molecular formula is C10H19BrO. The Balaban J connectivity index is 1.98. The molecule has 0 aromatic rings. The van der Waals surface area contributed by atoms with Gasteiger partial charge >= 0.3 is 0 Å². The van der Waals surface area contributed by atoms with Gasteiger partial charge in [-0.25, -0.2) is 0 Å². The van der Waals surface area contributed by atoms with Gasteiger partial charge in [-0.2, -0.15) is 0 Å². The van der Waals surface area contributed by atoms with Crippen molar-refractivity contribution in [3.05, 3.63) is 0 Å². The van der Waals surface area contributed by atoms with Gasteiger partial charge in [0, 0.05) is 18.0 Å². The maximum Gasteiger partial charge on any atom is 0.0468 e. The zero-order chi connectivity index (χ0) is 8.81. The lowest BCUT2D eigenvalue weighted by Crippen LogP contribution is -2.15. The fourth-order valence-corrected chi connectivity index (χ4v) is 2.05. The van der Waals surface area contributed by atoms with Crippen molar-refractivity contribution in [2.75, 3.05) is 13.2 Å². The van der Waals surface area contributed by atoms with E-state index in [4.69, 9.17) is 4.74 Å². The van der Waals surface area contributed by atoms with Gasteiger partial charge in [0.2, 0.25) is 0 Å². The van der Waals surface area contributed by atoms with E-state index in [2.05, 4.69) is 22.9 Å². The molecule has 1 saturated heterocycles. The fraction of sp³-hybridized carbons (Fsp3) is 1.00. The first-order valence-corrected chi connectivity index (χ1v) is 5.92. The van der Waals surface area contributed by atoms with Gasteiger partial charge in [0.1, 0.15) is 0 Å². The van der Waals surface area contributed by atoms with Crippen LogP contribution < -0.4 is 0 Å². The van der Waals surface area contributed by atoms with Gasteiger partial charge in [-0.3, -0.25) is 0 Å². The molecule has 0 aromatic heterocycles. The standard InChI is InChI=1S/C10H19BrO/c1-9(11)3-2-4-10-5-7-12-8-6-10/h9-10H,2-8H2,1H3. The van der Waals surface area contributed by atoms with Crippen LogP contribution in [-0.2, 0) is 4.74 Å². The first kappa shape index (κ1) is 10.5. The summed E-state index contributed by atoms with van der Waals surface area (Å²) >= 11 is 3.57. The van der Waals surface area contributed by atoms with E-state index in [9.17, 15) is 0 Å². The van der Waals surface area contributed by atoms with E-state index in [1.165, 1.54) is 32.1 Å². The third kappa shape index (κ3) is 4.46. The molecule has 1 atom stereocenters. The molecule has 72 valence electrons. The molecule has 0 saturated carbocycles. The second-order valence-corrected chi connectivity index (χ2v) is 5.33. The number of rotatable bonds is 4. The summed E-state index contributed by atoms with van der Waals surface area (Å²) in [5.41, 5.74) is 0. The Hall–Kier alpha value is 0.440. The molecule has 0 N–H and O–H groups in total. The van der Waals surface area contributed by atoms with Crippen LogP contribution >= 0.6 is 15.9 Å². The van der Waals surface area contributed by atoms with E-state index in [1.807, 2.05) is 0 Å². The molecule has 1 nitrogen and oxygen atoms in total. The maximum atomic E-state index is 5.32. The Morgan fingerprint density at radius 3 is 2.67 bits per heavy atom. The van der Waals surface area contributed by atoms with Gasteiger partial charge in [-0.15, -0.1) is 0 Å². The van der Waals surface area contributed by atoms with Crippen LogP contribution in [0.5, 0.6) is 0 Å². The van der Waals surface area contributed by atoms with Crippen LogP contribution in [0, 0.1) is 5.92 Å². The summed E-state index contributed by atoms with van der Waals surface area (Å²) in [5.74, 6) is 0.949. The van der Waals surface area contributed by atoms with E-state index in [0.717, 1.165) is 19.1 Å². The molecular weight excluding hydrogens is 216 g/mol. The molecule has 0 spiro atoms. The number of ether oxygens (including phenoxy) is 1. The van der Waals surface area contributed by atoms with Crippen molar-refractivity contribution in [2.24, 2.45) is 5.92 Å². The van der Waals surface area contributed by atoms with Crippen molar-refractivity contribution in [1.29, 1.82) is 0 Å². The largest absolute Gasteiger partial charge is 0.381 e. The van der Waals surface area contributed by atoms with Gasteiger partial charge in [-0.05, 0) is 25.2 Å². The quantitative estimate of drug-likeness (QED) is 0.679. The second kappa shape index (κ2) is 5.98. The number of hydrogen-bond donors (Lipinski definition) is 0. The van der Waals surface area contributed by atoms with Crippen LogP contribution in [0.15, 0.2) is 0 Å². The Morgan fingerprint density at radius 1 is 1.42 bits per heavy atom. The third-order valence-corrected chi connectivity index (χ3v) is 3.01. The summed E-state index contributed by atoms with van der Waals surface area (Å²) < 4.78 is 5.32. The number of halogens is 1. The molecule has 12 heavy (non-hydrogen) atoms. The number of hydrogen-bond acceptors (Lipinski definition) is 1. The molecule has 0 aromatic carbocycles.